The molecule has 1 fully saturated rings. The van der Waals surface area contributed by atoms with Crippen molar-refractivity contribution in [3.05, 3.63) is 65.2 Å². The largest absolute Gasteiger partial charge is 0.481 e. The fourth-order valence-electron chi connectivity index (χ4n) is 3.67. The zero-order valence-corrected chi connectivity index (χ0v) is 15.5. The molecule has 1 aliphatic heterocycles. The highest BCUT2D eigenvalue weighted by Crippen LogP contribution is 2.34. The van der Waals surface area contributed by atoms with Crippen LogP contribution in [-0.4, -0.2) is 43.2 Å². The van der Waals surface area contributed by atoms with Crippen molar-refractivity contribution in [3.63, 3.8) is 0 Å². The van der Waals surface area contributed by atoms with E-state index < -0.39 is 17.6 Å². The topological polar surface area (TPSA) is 43.8 Å². The van der Waals surface area contributed by atoms with Crippen molar-refractivity contribution in [3.8, 4) is 0 Å². The third kappa shape index (κ3) is 4.27. The van der Waals surface area contributed by atoms with Gasteiger partial charge in [-0.1, -0.05) is 18.2 Å². The lowest BCUT2D eigenvalue weighted by Gasteiger charge is -2.37. The van der Waals surface area contributed by atoms with E-state index in [1.165, 1.54) is 12.1 Å². The lowest BCUT2D eigenvalue weighted by Crippen LogP contribution is -2.39. The molecule has 1 heterocycles. The number of anilines is 1. The number of carbonyl (C=O) groups is 1. The van der Waals surface area contributed by atoms with Gasteiger partial charge in [0, 0.05) is 31.4 Å². The Bertz CT molecular complexity index is 800. The van der Waals surface area contributed by atoms with Crippen LogP contribution >= 0.6 is 0 Å². The summed E-state index contributed by atoms with van der Waals surface area (Å²) in [7, 11) is 3.89. The quantitative estimate of drug-likeness (QED) is 0.862. The molecule has 0 aromatic heterocycles. The van der Waals surface area contributed by atoms with E-state index >= 15 is 0 Å². The van der Waals surface area contributed by atoms with Gasteiger partial charge in [-0.15, -0.1) is 0 Å². The number of rotatable bonds is 5. The van der Waals surface area contributed by atoms with Crippen LogP contribution in [0.2, 0.25) is 0 Å². The minimum atomic E-state index is -0.783. The van der Waals surface area contributed by atoms with Crippen LogP contribution in [-0.2, 0) is 4.79 Å². The average molecular weight is 374 g/mol. The fraction of sp³-hybridized carbons (Fsp3) is 0.381. The molecule has 2 aromatic carbocycles. The zero-order chi connectivity index (χ0) is 19.6. The number of benzene rings is 2. The van der Waals surface area contributed by atoms with Gasteiger partial charge in [-0.05, 0) is 49.7 Å². The highest BCUT2D eigenvalue weighted by Gasteiger charge is 2.31. The molecule has 0 saturated carbocycles. The molecule has 3 rings (SSSR count). The Morgan fingerprint density at radius 2 is 1.74 bits per heavy atom. The predicted octanol–water partition coefficient (Wildman–Crippen LogP) is 3.92. The molecule has 0 spiro atoms. The number of piperidine rings is 1. The second-order valence-electron chi connectivity index (χ2n) is 7.20. The maximum absolute atomic E-state index is 14.6. The van der Waals surface area contributed by atoms with Gasteiger partial charge >= 0.3 is 5.97 Å². The molecule has 0 aliphatic carbocycles. The fourth-order valence-corrected chi connectivity index (χ4v) is 3.67. The summed E-state index contributed by atoms with van der Waals surface area (Å²) >= 11 is 0. The van der Waals surface area contributed by atoms with Crippen LogP contribution in [0, 0.1) is 17.6 Å². The van der Waals surface area contributed by atoms with E-state index in [9.17, 15) is 18.7 Å². The Hall–Kier alpha value is -2.47. The monoisotopic (exact) mass is 374 g/mol. The summed E-state index contributed by atoms with van der Waals surface area (Å²) in [5.74, 6) is -2.34. The summed E-state index contributed by atoms with van der Waals surface area (Å²) in [5, 5.41) is 9.23. The molecule has 0 bridgehead atoms. The van der Waals surface area contributed by atoms with Crippen LogP contribution in [0.1, 0.15) is 30.0 Å². The van der Waals surface area contributed by atoms with Crippen LogP contribution in [0.15, 0.2) is 42.5 Å². The van der Waals surface area contributed by atoms with Crippen molar-refractivity contribution in [1.29, 1.82) is 0 Å². The number of halogens is 2. The molecule has 0 radical (unpaired) electrons. The summed E-state index contributed by atoms with van der Waals surface area (Å²) in [6, 6.07) is 11.1. The van der Waals surface area contributed by atoms with E-state index in [1.807, 2.05) is 43.3 Å². The Kier molecular flexibility index (Phi) is 5.75. The van der Waals surface area contributed by atoms with E-state index in [1.54, 1.807) is 0 Å². The Morgan fingerprint density at radius 3 is 2.26 bits per heavy atom. The van der Waals surface area contributed by atoms with Crippen LogP contribution < -0.4 is 4.90 Å². The summed E-state index contributed by atoms with van der Waals surface area (Å²) in [6.07, 6.45) is 1.04. The molecule has 1 atom stereocenters. The van der Waals surface area contributed by atoms with Crippen LogP contribution in [0.5, 0.6) is 0 Å². The number of nitrogens with zero attached hydrogens (tertiary/aromatic N) is 2. The van der Waals surface area contributed by atoms with Crippen molar-refractivity contribution in [2.75, 3.05) is 32.1 Å². The SMILES string of the molecule is CN(C)c1ccc(C(c2ccc(F)cc2F)N2CCC(C(=O)O)CC2)cc1. The van der Waals surface area contributed by atoms with Gasteiger partial charge in [0.1, 0.15) is 11.6 Å². The van der Waals surface area contributed by atoms with Crippen molar-refractivity contribution >= 4 is 11.7 Å². The van der Waals surface area contributed by atoms with Crippen molar-refractivity contribution in [2.24, 2.45) is 5.92 Å². The van der Waals surface area contributed by atoms with Crippen molar-refractivity contribution in [1.82, 2.24) is 4.90 Å². The van der Waals surface area contributed by atoms with E-state index in [-0.39, 0.29) is 12.0 Å². The Balaban J connectivity index is 1.95. The second kappa shape index (κ2) is 8.05. The van der Waals surface area contributed by atoms with Gasteiger partial charge in [-0.2, -0.15) is 0 Å². The molecule has 1 N–H and O–H groups in total. The molecule has 27 heavy (non-hydrogen) atoms. The molecule has 0 amide bonds. The third-order valence-electron chi connectivity index (χ3n) is 5.23. The lowest BCUT2D eigenvalue weighted by molar-refractivity contribution is -0.143. The summed E-state index contributed by atoms with van der Waals surface area (Å²) in [5.41, 5.74) is 2.34. The van der Waals surface area contributed by atoms with Gasteiger partial charge in [-0.3, -0.25) is 9.69 Å². The molecule has 4 nitrogen and oxygen atoms in total. The number of hydrogen-bond donors (Lipinski definition) is 1. The van der Waals surface area contributed by atoms with E-state index in [2.05, 4.69) is 4.90 Å². The third-order valence-corrected chi connectivity index (χ3v) is 5.23. The Morgan fingerprint density at radius 1 is 1.11 bits per heavy atom. The van der Waals surface area contributed by atoms with Gasteiger partial charge < -0.3 is 10.0 Å². The molecule has 1 unspecified atom stereocenters. The number of carboxylic acid groups (broad SMARTS) is 1. The number of carboxylic acids is 1. The van der Waals surface area contributed by atoms with E-state index in [4.69, 9.17) is 0 Å². The van der Waals surface area contributed by atoms with Crippen LogP contribution in [0.3, 0.4) is 0 Å². The molecule has 1 aliphatic rings. The maximum atomic E-state index is 14.6. The molecular weight excluding hydrogens is 350 g/mol. The number of aliphatic carboxylic acids is 1. The van der Waals surface area contributed by atoms with Gasteiger partial charge in [0.25, 0.3) is 0 Å². The standard InChI is InChI=1S/C21H24F2N2O2/c1-24(2)17-6-3-14(4-7-17)20(18-8-5-16(22)13-19(18)23)25-11-9-15(10-12-25)21(26)27/h3-8,13,15,20H,9-12H2,1-2H3,(H,26,27). The molecule has 144 valence electrons. The highest BCUT2D eigenvalue weighted by atomic mass is 19.1. The molecule has 6 heteroatoms. The molecule has 1 saturated heterocycles. The van der Waals surface area contributed by atoms with Crippen LogP contribution in [0.4, 0.5) is 14.5 Å². The molecular formula is C21H24F2N2O2. The summed E-state index contributed by atoms with van der Waals surface area (Å²) in [6.45, 7) is 1.10. The lowest BCUT2D eigenvalue weighted by atomic mass is 9.91. The predicted molar refractivity (Wildman–Crippen MR) is 101 cm³/mol. The van der Waals surface area contributed by atoms with E-state index in [0.29, 0.717) is 31.5 Å². The number of hydrogen-bond acceptors (Lipinski definition) is 3. The van der Waals surface area contributed by atoms with Crippen LogP contribution in [0.25, 0.3) is 0 Å². The first-order valence-electron chi connectivity index (χ1n) is 9.06. The molecule has 2 aromatic rings. The normalized spacial score (nSPS) is 16.9. The maximum Gasteiger partial charge on any atom is 0.306 e. The smallest absolute Gasteiger partial charge is 0.306 e. The average Bonchev–Trinajstić information content (AvgIpc) is 2.64. The van der Waals surface area contributed by atoms with Gasteiger partial charge in [0.05, 0.1) is 12.0 Å². The summed E-state index contributed by atoms with van der Waals surface area (Å²) in [4.78, 5) is 15.3. The van der Waals surface area contributed by atoms with Crippen molar-refractivity contribution < 1.29 is 18.7 Å². The van der Waals surface area contributed by atoms with Gasteiger partial charge in [0.2, 0.25) is 0 Å². The van der Waals surface area contributed by atoms with Crippen molar-refractivity contribution in [2.45, 2.75) is 18.9 Å². The van der Waals surface area contributed by atoms with Gasteiger partial charge in [0.15, 0.2) is 0 Å². The second-order valence-corrected chi connectivity index (χ2v) is 7.20. The van der Waals surface area contributed by atoms with Gasteiger partial charge in [-0.25, -0.2) is 8.78 Å². The number of likely N-dealkylation sites (tertiary alicyclic amines) is 1. The first kappa shape index (κ1) is 19.3. The minimum absolute atomic E-state index is 0.365. The first-order valence-corrected chi connectivity index (χ1v) is 9.06. The summed E-state index contributed by atoms with van der Waals surface area (Å²) < 4.78 is 28.0. The highest BCUT2D eigenvalue weighted by molar-refractivity contribution is 5.70. The first-order chi connectivity index (χ1) is 12.9. The zero-order valence-electron chi connectivity index (χ0n) is 15.5. The minimum Gasteiger partial charge on any atom is -0.481 e. The Labute approximate surface area is 158 Å². The van der Waals surface area contributed by atoms with E-state index in [0.717, 1.165) is 17.3 Å².